The molecule has 2 heterocycles. The van der Waals surface area contributed by atoms with Crippen molar-refractivity contribution in [1.82, 2.24) is 4.98 Å². The van der Waals surface area contributed by atoms with Crippen molar-refractivity contribution in [3.63, 3.8) is 0 Å². The Morgan fingerprint density at radius 3 is 2.82 bits per heavy atom. The molecule has 2 aromatic rings. The number of fused-ring (bicyclic) bond motifs is 1. The Morgan fingerprint density at radius 1 is 1.18 bits per heavy atom. The van der Waals surface area contributed by atoms with Crippen molar-refractivity contribution in [2.75, 3.05) is 16.8 Å². The lowest BCUT2D eigenvalue weighted by Crippen LogP contribution is -2.40. The van der Waals surface area contributed by atoms with E-state index in [-0.39, 0.29) is 18.4 Å². The second-order valence-electron chi connectivity index (χ2n) is 5.32. The van der Waals surface area contributed by atoms with Crippen molar-refractivity contribution >= 4 is 23.3 Å². The van der Waals surface area contributed by atoms with Gasteiger partial charge in [0.1, 0.15) is 12.4 Å². The number of aromatic nitrogens is 1. The molecule has 0 fully saturated rings. The molecule has 3 rings (SSSR count). The van der Waals surface area contributed by atoms with Crippen LogP contribution in [0.15, 0.2) is 42.5 Å². The highest BCUT2D eigenvalue weighted by molar-refractivity contribution is 6.03. The van der Waals surface area contributed by atoms with Gasteiger partial charge in [-0.25, -0.2) is 4.98 Å². The number of rotatable bonds is 3. The van der Waals surface area contributed by atoms with Gasteiger partial charge in [0, 0.05) is 17.8 Å². The first kappa shape index (κ1) is 14.3. The SMILES string of the molecule is Cc1cccc(NC(=O)CN2C(=O)CCc3ccccc32)n1. The quantitative estimate of drug-likeness (QED) is 0.945. The molecule has 0 saturated carbocycles. The van der Waals surface area contributed by atoms with Gasteiger partial charge >= 0.3 is 0 Å². The van der Waals surface area contributed by atoms with Gasteiger partial charge in [-0.05, 0) is 37.1 Å². The third-order valence-corrected chi connectivity index (χ3v) is 3.65. The van der Waals surface area contributed by atoms with E-state index in [1.807, 2.05) is 43.3 Å². The number of carbonyl (C=O) groups excluding carboxylic acids is 2. The molecule has 1 aromatic heterocycles. The molecule has 0 unspecified atom stereocenters. The van der Waals surface area contributed by atoms with Crippen LogP contribution in [0.25, 0.3) is 0 Å². The number of hydrogen-bond donors (Lipinski definition) is 1. The van der Waals surface area contributed by atoms with Crippen molar-refractivity contribution in [3.8, 4) is 0 Å². The third-order valence-electron chi connectivity index (χ3n) is 3.65. The van der Waals surface area contributed by atoms with E-state index in [1.54, 1.807) is 11.0 Å². The lowest BCUT2D eigenvalue weighted by atomic mass is 10.0. The summed E-state index contributed by atoms with van der Waals surface area (Å²) in [5.41, 5.74) is 2.76. The monoisotopic (exact) mass is 295 g/mol. The molecule has 0 saturated heterocycles. The van der Waals surface area contributed by atoms with Gasteiger partial charge in [-0.15, -0.1) is 0 Å². The predicted octanol–water partition coefficient (Wildman–Crippen LogP) is 2.31. The minimum Gasteiger partial charge on any atom is -0.309 e. The number of benzene rings is 1. The first-order valence-electron chi connectivity index (χ1n) is 7.25. The van der Waals surface area contributed by atoms with Crippen LogP contribution in [0.3, 0.4) is 0 Å². The summed E-state index contributed by atoms with van der Waals surface area (Å²) in [6, 6.07) is 13.1. The molecule has 5 nitrogen and oxygen atoms in total. The van der Waals surface area contributed by atoms with Crippen LogP contribution in [-0.2, 0) is 16.0 Å². The van der Waals surface area contributed by atoms with Gasteiger partial charge in [-0.3, -0.25) is 9.59 Å². The number of nitrogens with one attached hydrogen (secondary N) is 1. The van der Waals surface area contributed by atoms with E-state index in [1.165, 1.54) is 0 Å². The fourth-order valence-corrected chi connectivity index (χ4v) is 2.61. The van der Waals surface area contributed by atoms with E-state index < -0.39 is 0 Å². The number of hydrogen-bond acceptors (Lipinski definition) is 3. The molecule has 1 aliphatic heterocycles. The van der Waals surface area contributed by atoms with Crippen LogP contribution < -0.4 is 10.2 Å². The van der Waals surface area contributed by atoms with Crippen LogP contribution in [0.1, 0.15) is 17.7 Å². The van der Waals surface area contributed by atoms with Crippen molar-refractivity contribution in [2.24, 2.45) is 0 Å². The molecule has 0 spiro atoms. The fourth-order valence-electron chi connectivity index (χ4n) is 2.61. The molecule has 0 bridgehead atoms. The second kappa shape index (κ2) is 5.97. The van der Waals surface area contributed by atoms with Crippen LogP contribution in [0.5, 0.6) is 0 Å². The zero-order chi connectivity index (χ0) is 15.5. The molecule has 2 amide bonds. The zero-order valence-electron chi connectivity index (χ0n) is 12.4. The summed E-state index contributed by atoms with van der Waals surface area (Å²) in [5.74, 6) is 0.233. The Hall–Kier alpha value is -2.69. The van der Waals surface area contributed by atoms with E-state index in [9.17, 15) is 9.59 Å². The van der Waals surface area contributed by atoms with Gasteiger partial charge in [-0.1, -0.05) is 24.3 Å². The van der Waals surface area contributed by atoms with Crippen molar-refractivity contribution in [2.45, 2.75) is 19.8 Å². The maximum atomic E-state index is 12.2. The summed E-state index contributed by atoms with van der Waals surface area (Å²) in [7, 11) is 0. The Morgan fingerprint density at radius 2 is 2.00 bits per heavy atom. The first-order valence-corrected chi connectivity index (χ1v) is 7.25. The molecule has 0 atom stereocenters. The normalized spacial score (nSPS) is 13.7. The Labute approximate surface area is 129 Å². The highest BCUT2D eigenvalue weighted by Gasteiger charge is 2.25. The summed E-state index contributed by atoms with van der Waals surface area (Å²) in [6.45, 7) is 1.87. The van der Waals surface area contributed by atoms with Crippen LogP contribution in [-0.4, -0.2) is 23.3 Å². The summed E-state index contributed by atoms with van der Waals surface area (Å²) < 4.78 is 0. The summed E-state index contributed by atoms with van der Waals surface area (Å²) in [4.78, 5) is 30.1. The number of aryl methyl sites for hydroxylation is 2. The molecule has 1 aromatic carbocycles. The highest BCUT2D eigenvalue weighted by Crippen LogP contribution is 2.27. The van der Waals surface area contributed by atoms with Gasteiger partial charge in [0.2, 0.25) is 11.8 Å². The zero-order valence-corrected chi connectivity index (χ0v) is 12.4. The number of pyridine rings is 1. The number of carbonyl (C=O) groups is 2. The van der Waals surface area contributed by atoms with E-state index in [2.05, 4.69) is 10.3 Å². The van der Waals surface area contributed by atoms with Crippen molar-refractivity contribution < 1.29 is 9.59 Å². The van der Waals surface area contributed by atoms with Crippen LogP contribution >= 0.6 is 0 Å². The summed E-state index contributed by atoms with van der Waals surface area (Å²) in [5, 5.41) is 2.74. The average molecular weight is 295 g/mol. The Bertz CT molecular complexity index is 727. The lowest BCUT2D eigenvalue weighted by molar-refractivity contribution is -0.121. The van der Waals surface area contributed by atoms with E-state index >= 15 is 0 Å². The van der Waals surface area contributed by atoms with Gasteiger partial charge in [0.15, 0.2) is 0 Å². The highest BCUT2D eigenvalue weighted by atomic mass is 16.2. The maximum absolute atomic E-state index is 12.2. The molecule has 22 heavy (non-hydrogen) atoms. The van der Waals surface area contributed by atoms with Gasteiger partial charge in [-0.2, -0.15) is 0 Å². The molecule has 112 valence electrons. The molecular formula is C17H17N3O2. The van der Waals surface area contributed by atoms with Crippen LogP contribution in [0.2, 0.25) is 0 Å². The largest absolute Gasteiger partial charge is 0.309 e. The third kappa shape index (κ3) is 2.98. The van der Waals surface area contributed by atoms with Crippen LogP contribution in [0, 0.1) is 6.92 Å². The molecule has 1 N–H and O–H groups in total. The average Bonchev–Trinajstić information content (AvgIpc) is 2.50. The topological polar surface area (TPSA) is 62.3 Å². The Kier molecular flexibility index (Phi) is 3.87. The van der Waals surface area contributed by atoms with Crippen LogP contribution in [0.4, 0.5) is 11.5 Å². The minimum atomic E-state index is -0.247. The minimum absolute atomic E-state index is 0.00543. The second-order valence-corrected chi connectivity index (χ2v) is 5.32. The van der Waals surface area contributed by atoms with Crippen molar-refractivity contribution in [3.05, 3.63) is 53.7 Å². The van der Waals surface area contributed by atoms with Crippen molar-refractivity contribution in [1.29, 1.82) is 0 Å². The van der Waals surface area contributed by atoms with E-state index in [0.717, 1.165) is 23.4 Å². The molecular weight excluding hydrogens is 278 g/mol. The fraction of sp³-hybridized carbons (Fsp3) is 0.235. The molecule has 5 heteroatoms. The number of anilines is 2. The first-order chi connectivity index (χ1) is 10.6. The summed E-state index contributed by atoms with van der Waals surface area (Å²) in [6.07, 6.45) is 1.17. The Balaban J connectivity index is 1.75. The number of para-hydroxylation sites is 1. The molecule has 0 aliphatic carbocycles. The van der Waals surface area contributed by atoms with E-state index in [0.29, 0.717) is 12.2 Å². The van der Waals surface area contributed by atoms with Gasteiger partial charge in [0.05, 0.1) is 0 Å². The molecule has 0 radical (unpaired) electrons. The smallest absolute Gasteiger partial charge is 0.245 e. The maximum Gasteiger partial charge on any atom is 0.245 e. The lowest BCUT2D eigenvalue weighted by Gasteiger charge is -2.28. The van der Waals surface area contributed by atoms with Gasteiger partial charge < -0.3 is 10.2 Å². The van der Waals surface area contributed by atoms with E-state index in [4.69, 9.17) is 0 Å². The standard InChI is InChI=1S/C17H17N3O2/c1-12-5-4-8-15(18-12)19-16(21)11-20-14-7-3-2-6-13(14)9-10-17(20)22/h2-8H,9-11H2,1H3,(H,18,19,21). The summed E-state index contributed by atoms with van der Waals surface area (Å²) >= 11 is 0. The number of amides is 2. The molecule has 1 aliphatic rings. The number of nitrogens with zero attached hydrogens (tertiary/aromatic N) is 2. The predicted molar refractivity (Wildman–Crippen MR) is 84.7 cm³/mol. The van der Waals surface area contributed by atoms with Gasteiger partial charge in [0.25, 0.3) is 0 Å².